The predicted molar refractivity (Wildman–Crippen MR) is 157 cm³/mol. The number of carbonyl (C=O) groups excluding carboxylic acids is 2. The molecule has 1 aliphatic rings. The van der Waals surface area contributed by atoms with Crippen molar-refractivity contribution in [1.29, 1.82) is 0 Å². The molecule has 1 atom stereocenters. The van der Waals surface area contributed by atoms with Crippen molar-refractivity contribution in [2.45, 2.75) is 62.6 Å². The van der Waals surface area contributed by atoms with E-state index in [1.54, 1.807) is 49.4 Å². The Labute approximate surface area is 239 Å². The second-order valence-electron chi connectivity index (χ2n) is 9.83. The maximum absolute atomic E-state index is 14.0. The summed E-state index contributed by atoms with van der Waals surface area (Å²) >= 11 is 3.41. The van der Waals surface area contributed by atoms with Crippen LogP contribution in [0.2, 0.25) is 0 Å². The van der Waals surface area contributed by atoms with E-state index in [-0.39, 0.29) is 23.4 Å². The Balaban J connectivity index is 1.65. The Hall–Kier alpha value is -3.17. The number of nitrogens with one attached hydrogen (secondary N) is 1. The van der Waals surface area contributed by atoms with Crippen LogP contribution >= 0.6 is 15.9 Å². The second-order valence-corrected chi connectivity index (χ2v) is 12.6. The van der Waals surface area contributed by atoms with Gasteiger partial charge in [0, 0.05) is 17.1 Å². The van der Waals surface area contributed by atoms with Crippen molar-refractivity contribution in [3.8, 4) is 0 Å². The van der Waals surface area contributed by atoms with Crippen molar-refractivity contribution >= 4 is 43.5 Å². The van der Waals surface area contributed by atoms with Crippen LogP contribution in [0.15, 0.2) is 94.3 Å². The summed E-state index contributed by atoms with van der Waals surface area (Å²) in [4.78, 5) is 28.8. The first kappa shape index (κ1) is 28.8. The lowest BCUT2D eigenvalue weighted by atomic mass is 9.95. The summed E-state index contributed by atoms with van der Waals surface area (Å²) in [6.45, 7) is 1.42. The topological polar surface area (TPSA) is 86.8 Å². The number of halogens is 1. The molecule has 0 spiro atoms. The summed E-state index contributed by atoms with van der Waals surface area (Å²) in [5, 5.41) is 3.12. The normalized spacial score (nSPS) is 14.8. The van der Waals surface area contributed by atoms with Gasteiger partial charge in [-0.15, -0.1) is 0 Å². The zero-order valence-electron chi connectivity index (χ0n) is 22.0. The molecular formula is C30H34BrN3O4S. The molecule has 0 aliphatic heterocycles. The summed E-state index contributed by atoms with van der Waals surface area (Å²) in [7, 11) is -4.08. The summed E-state index contributed by atoms with van der Waals surface area (Å²) in [6, 6.07) is 23.6. The Bertz CT molecular complexity index is 1360. The molecular weight excluding hydrogens is 578 g/mol. The number of rotatable bonds is 10. The number of amides is 2. The van der Waals surface area contributed by atoms with Gasteiger partial charge in [-0.3, -0.25) is 13.9 Å². The molecule has 0 aromatic heterocycles. The van der Waals surface area contributed by atoms with E-state index in [2.05, 4.69) is 21.2 Å². The van der Waals surface area contributed by atoms with E-state index >= 15 is 0 Å². The maximum atomic E-state index is 14.0. The van der Waals surface area contributed by atoms with Crippen LogP contribution in [0.5, 0.6) is 0 Å². The summed E-state index contributed by atoms with van der Waals surface area (Å²) < 4.78 is 29.4. The molecule has 1 aliphatic carbocycles. The van der Waals surface area contributed by atoms with Crippen LogP contribution in [0.1, 0.15) is 44.6 Å². The van der Waals surface area contributed by atoms with Crippen molar-refractivity contribution < 1.29 is 18.0 Å². The minimum atomic E-state index is -4.08. The molecule has 1 saturated carbocycles. The van der Waals surface area contributed by atoms with Crippen LogP contribution in [0.3, 0.4) is 0 Å². The van der Waals surface area contributed by atoms with Gasteiger partial charge in [0.1, 0.15) is 12.6 Å². The van der Waals surface area contributed by atoms with E-state index < -0.39 is 28.5 Å². The largest absolute Gasteiger partial charge is 0.352 e. The fourth-order valence-corrected chi connectivity index (χ4v) is 6.63. The Morgan fingerprint density at radius 2 is 1.56 bits per heavy atom. The van der Waals surface area contributed by atoms with Crippen LogP contribution in [0.4, 0.5) is 5.69 Å². The van der Waals surface area contributed by atoms with E-state index in [0.717, 1.165) is 35.6 Å². The smallest absolute Gasteiger partial charge is 0.264 e. The molecule has 9 heteroatoms. The first-order valence-corrected chi connectivity index (χ1v) is 15.5. The zero-order chi connectivity index (χ0) is 27.8. The van der Waals surface area contributed by atoms with Crippen LogP contribution in [0.25, 0.3) is 0 Å². The van der Waals surface area contributed by atoms with Crippen molar-refractivity contribution in [1.82, 2.24) is 10.2 Å². The SMILES string of the molecule is C[C@@H](C(=O)NC1CCCCC1)N(Cc1ccccc1)C(=O)CN(c1cccc(Br)c1)S(=O)(=O)c1ccccc1. The molecule has 0 radical (unpaired) electrons. The summed E-state index contributed by atoms with van der Waals surface area (Å²) in [6.07, 6.45) is 5.17. The average molecular weight is 613 g/mol. The number of anilines is 1. The Morgan fingerprint density at radius 1 is 0.923 bits per heavy atom. The third-order valence-electron chi connectivity index (χ3n) is 7.02. The highest BCUT2D eigenvalue weighted by Crippen LogP contribution is 2.27. The summed E-state index contributed by atoms with van der Waals surface area (Å²) in [5.41, 5.74) is 1.20. The molecule has 1 fully saturated rings. The van der Waals surface area contributed by atoms with Gasteiger partial charge in [-0.25, -0.2) is 8.42 Å². The molecule has 0 heterocycles. The van der Waals surface area contributed by atoms with Crippen molar-refractivity contribution in [2.24, 2.45) is 0 Å². The molecule has 0 unspecified atom stereocenters. The highest BCUT2D eigenvalue weighted by molar-refractivity contribution is 9.10. The van der Waals surface area contributed by atoms with Gasteiger partial charge in [0.05, 0.1) is 10.6 Å². The van der Waals surface area contributed by atoms with Gasteiger partial charge in [-0.05, 0) is 55.7 Å². The Morgan fingerprint density at radius 3 is 2.21 bits per heavy atom. The molecule has 3 aromatic rings. The first-order chi connectivity index (χ1) is 18.8. The van der Waals surface area contributed by atoms with Crippen LogP contribution in [-0.4, -0.2) is 43.8 Å². The monoisotopic (exact) mass is 611 g/mol. The lowest BCUT2D eigenvalue weighted by Crippen LogP contribution is -2.53. The molecule has 206 valence electrons. The van der Waals surface area contributed by atoms with Crippen molar-refractivity contribution in [2.75, 3.05) is 10.8 Å². The molecule has 39 heavy (non-hydrogen) atoms. The fraction of sp³-hybridized carbons (Fsp3) is 0.333. The van der Waals surface area contributed by atoms with Crippen LogP contribution in [-0.2, 0) is 26.2 Å². The quantitative estimate of drug-likeness (QED) is 0.327. The van der Waals surface area contributed by atoms with E-state index in [1.165, 1.54) is 23.5 Å². The van der Waals surface area contributed by atoms with E-state index in [0.29, 0.717) is 10.2 Å². The van der Waals surface area contributed by atoms with Crippen LogP contribution < -0.4 is 9.62 Å². The van der Waals surface area contributed by atoms with Gasteiger partial charge in [0.2, 0.25) is 11.8 Å². The van der Waals surface area contributed by atoms with E-state index in [9.17, 15) is 18.0 Å². The molecule has 0 bridgehead atoms. The van der Waals surface area contributed by atoms with Gasteiger partial charge < -0.3 is 10.2 Å². The molecule has 2 amide bonds. The lowest BCUT2D eigenvalue weighted by molar-refractivity contribution is -0.139. The minimum Gasteiger partial charge on any atom is -0.352 e. The van der Waals surface area contributed by atoms with Gasteiger partial charge in [-0.2, -0.15) is 0 Å². The van der Waals surface area contributed by atoms with Gasteiger partial charge >= 0.3 is 0 Å². The van der Waals surface area contributed by atoms with Gasteiger partial charge in [0.15, 0.2) is 0 Å². The number of benzene rings is 3. The molecule has 1 N–H and O–H groups in total. The Kier molecular flexibility index (Phi) is 9.80. The molecule has 0 saturated heterocycles. The van der Waals surface area contributed by atoms with Gasteiger partial charge in [0.25, 0.3) is 10.0 Å². The van der Waals surface area contributed by atoms with E-state index in [4.69, 9.17) is 0 Å². The second kappa shape index (κ2) is 13.3. The average Bonchev–Trinajstić information content (AvgIpc) is 2.95. The zero-order valence-corrected chi connectivity index (χ0v) is 24.4. The minimum absolute atomic E-state index is 0.0791. The third kappa shape index (κ3) is 7.48. The first-order valence-electron chi connectivity index (χ1n) is 13.2. The number of carbonyl (C=O) groups is 2. The number of hydrogen-bond donors (Lipinski definition) is 1. The standard InChI is InChI=1S/C30H34BrN3O4S/c1-23(30(36)32-26-15-7-3-8-16-26)33(21-24-12-5-2-6-13-24)29(35)22-34(27-17-11-14-25(31)20-27)39(37,38)28-18-9-4-10-19-28/h2,4-6,9-14,17-20,23,26H,3,7-8,15-16,21-22H2,1H3,(H,32,36)/t23-/m0/s1. The maximum Gasteiger partial charge on any atom is 0.264 e. The van der Waals surface area contributed by atoms with Crippen molar-refractivity contribution in [3.63, 3.8) is 0 Å². The summed E-state index contributed by atoms with van der Waals surface area (Å²) in [5.74, 6) is -0.698. The van der Waals surface area contributed by atoms with E-state index in [1.807, 2.05) is 30.3 Å². The number of nitrogens with zero attached hydrogens (tertiary/aromatic N) is 2. The van der Waals surface area contributed by atoms with Gasteiger partial charge in [-0.1, -0.05) is 89.8 Å². The van der Waals surface area contributed by atoms with Crippen molar-refractivity contribution in [3.05, 3.63) is 95.0 Å². The molecule has 4 rings (SSSR count). The highest BCUT2D eigenvalue weighted by atomic mass is 79.9. The third-order valence-corrected chi connectivity index (χ3v) is 9.30. The predicted octanol–water partition coefficient (Wildman–Crippen LogP) is 5.51. The number of sulfonamides is 1. The fourth-order valence-electron chi connectivity index (χ4n) is 4.81. The molecule has 3 aromatic carbocycles. The lowest BCUT2D eigenvalue weighted by Gasteiger charge is -2.33. The highest BCUT2D eigenvalue weighted by Gasteiger charge is 2.33. The van der Waals surface area contributed by atoms with Crippen LogP contribution in [0, 0.1) is 0 Å². The number of hydrogen-bond acceptors (Lipinski definition) is 4. The molecule has 7 nitrogen and oxygen atoms in total.